The highest BCUT2D eigenvalue weighted by molar-refractivity contribution is 5.95. The number of nitrogens with one attached hydrogen (secondary N) is 1. The molecule has 1 aliphatic carbocycles. The number of carbonyl (C=O) groups excluding carboxylic acids is 1. The number of rotatable bonds is 5. The van der Waals surface area contributed by atoms with Gasteiger partial charge in [0.2, 0.25) is 0 Å². The standard InChI is InChI=1S/C17H21NO3/c1-12-4-2-7-15(12)11-18-17(21)14-6-3-5-13(10-14)8-9-16(19)20/h3,5-6,8-10,12,15H,2,4,7,11H2,1H3,(H,18,21)(H,19,20)/b9-8+. The molecular weight excluding hydrogens is 266 g/mol. The van der Waals surface area contributed by atoms with E-state index >= 15 is 0 Å². The quantitative estimate of drug-likeness (QED) is 0.818. The zero-order valence-electron chi connectivity index (χ0n) is 12.2. The summed E-state index contributed by atoms with van der Waals surface area (Å²) in [6.07, 6.45) is 6.23. The molecule has 1 amide bonds. The summed E-state index contributed by atoms with van der Waals surface area (Å²) in [6, 6.07) is 6.97. The van der Waals surface area contributed by atoms with Crippen LogP contribution in [0.4, 0.5) is 0 Å². The summed E-state index contributed by atoms with van der Waals surface area (Å²) in [5, 5.41) is 11.6. The second-order valence-corrected chi connectivity index (χ2v) is 5.68. The van der Waals surface area contributed by atoms with Crippen molar-refractivity contribution in [1.82, 2.24) is 5.32 Å². The molecule has 0 radical (unpaired) electrons. The third kappa shape index (κ3) is 4.45. The molecule has 21 heavy (non-hydrogen) atoms. The number of carbonyl (C=O) groups is 2. The van der Waals surface area contributed by atoms with Crippen LogP contribution in [0.1, 0.15) is 42.1 Å². The van der Waals surface area contributed by atoms with Crippen molar-refractivity contribution in [1.29, 1.82) is 0 Å². The summed E-state index contributed by atoms with van der Waals surface area (Å²) in [4.78, 5) is 22.7. The molecular formula is C17H21NO3. The van der Waals surface area contributed by atoms with E-state index in [-0.39, 0.29) is 5.91 Å². The first-order valence-electron chi connectivity index (χ1n) is 7.35. The summed E-state index contributed by atoms with van der Waals surface area (Å²) in [5.74, 6) is 0.152. The van der Waals surface area contributed by atoms with Crippen LogP contribution in [0.15, 0.2) is 30.3 Å². The summed E-state index contributed by atoms with van der Waals surface area (Å²) < 4.78 is 0. The molecule has 0 aromatic heterocycles. The number of hydrogen-bond donors (Lipinski definition) is 2. The molecule has 112 valence electrons. The Balaban J connectivity index is 1.95. The molecule has 4 heteroatoms. The van der Waals surface area contributed by atoms with Crippen LogP contribution in [0.3, 0.4) is 0 Å². The average Bonchev–Trinajstić information content (AvgIpc) is 2.88. The lowest BCUT2D eigenvalue weighted by Gasteiger charge is -2.16. The lowest BCUT2D eigenvalue weighted by atomic mass is 9.98. The zero-order valence-corrected chi connectivity index (χ0v) is 12.2. The van der Waals surface area contributed by atoms with Crippen molar-refractivity contribution in [3.63, 3.8) is 0 Å². The largest absolute Gasteiger partial charge is 0.478 e. The fourth-order valence-electron chi connectivity index (χ4n) is 2.80. The van der Waals surface area contributed by atoms with Gasteiger partial charge in [0.05, 0.1) is 0 Å². The Labute approximate surface area is 124 Å². The van der Waals surface area contributed by atoms with Crippen molar-refractivity contribution in [3.8, 4) is 0 Å². The van der Waals surface area contributed by atoms with Gasteiger partial charge in [-0.2, -0.15) is 0 Å². The first-order valence-corrected chi connectivity index (χ1v) is 7.35. The van der Waals surface area contributed by atoms with E-state index in [1.165, 1.54) is 25.3 Å². The second-order valence-electron chi connectivity index (χ2n) is 5.68. The number of benzene rings is 1. The van der Waals surface area contributed by atoms with E-state index in [0.717, 1.165) is 12.6 Å². The maximum Gasteiger partial charge on any atom is 0.328 e. The van der Waals surface area contributed by atoms with E-state index in [1.54, 1.807) is 24.3 Å². The second kappa shape index (κ2) is 7.07. The van der Waals surface area contributed by atoms with E-state index in [4.69, 9.17) is 5.11 Å². The van der Waals surface area contributed by atoms with E-state index in [0.29, 0.717) is 23.0 Å². The van der Waals surface area contributed by atoms with Gasteiger partial charge in [-0.15, -0.1) is 0 Å². The summed E-state index contributed by atoms with van der Waals surface area (Å²) in [7, 11) is 0. The molecule has 2 N–H and O–H groups in total. The molecule has 1 saturated carbocycles. The van der Waals surface area contributed by atoms with Crippen LogP contribution in [-0.2, 0) is 4.79 Å². The van der Waals surface area contributed by atoms with Crippen LogP contribution in [0.2, 0.25) is 0 Å². The molecule has 4 nitrogen and oxygen atoms in total. The third-order valence-corrected chi connectivity index (χ3v) is 4.13. The van der Waals surface area contributed by atoms with Gasteiger partial charge in [-0.3, -0.25) is 4.79 Å². The predicted octanol–water partition coefficient (Wildman–Crippen LogP) is 2.95. The van der Waals surface area contributed by atoms with Gasteiger partial charge in [0.1, 0.15) is 0 Å². The Morgan fingerprint density at radius 2 is 2.19 bits per heavy atom. The molecule has 0 spiro atoms. The average molecular weight is 287 g/mol. The van der Waals surface area contributed by atoms with E-state index in [1.807, 2.05) is 0 Å². The highest BCUT2D eigenvalue weighted by Crippen LogP contribution is 2.30. The number of carboxylic acid groups (broad SMARTS) is 1. The molecule has 1 aromatic carbocycles. The molecule has 0 saturated heterocycles. The Morgan fingerprint density at radius 1 is 1.38 bits per heavy atom. The minimum Gasteiger partial charge on any atom is -0.478 e. The maximum atomic E-state index is 12.1. The Kier molecular flexibility index (Phi) is 5.14. The fraction of sp³-hybridized carbons (Fsp3) is 0.412. The van der Waals surface area contributed by atoms with Gasteiger partial charge in [0, 0.05) is 18.2 Å². The lowest BCUT2D eigenvalue weighted by molar-refractivity contribution is -0.131. The fourth-order valence-corrected chi connectivity index (χ4v) is 2.80. The first kappa shape index (κ1) is 15.3. The number of hydrogen-bond acceptors (Lipinski definition) is 2. The molecule has 1 fully saturated rings. The van der Waals surface area contributed by atoms with Crippen molar-refractivity contribution in [2.24, 2.45) is 11.8 Å². The van der Waals surface area contributed by atoms with Crippen molar-refractivity contribution >= 4 is 18.0 Å². The number of amides is 1. The van der Waals surface area contributed by atoms with Crippen LogP contribution in [0.5, 0.6) is 0 Å². The third-order valence-electron chi connectivity index (χ3n) is 4.13. The van der Waals surface area contributed by atoms with Crippen molar-refractivity contribution in [3.05, 3.63) is 41.5 Å². The smallest absolute Gasteiger partial charge is 0.328 e. The first-order chi connectivity index (χ1) is 10.1. The molecule has 2 rings (SSSR count). The zero-order chi connectivity index (χ0) is 15.2. The molecule has 1 aliphatic rings. The van der Waals surface area contributed by atoms with Gasteiger partial charge < -0.3 is 10.4 Å². The van der Waals surface area contributed by atoms with Gasteiger partial charge in [0.15, 0.2) is 0 Å². The van der Waals surface area contributed by atoms with Crippen molar-refractivity contribution in [2.45, 2.75) is 26.2 Å². The van der Waals surface area contributed by atoms with E-state index < -0.39 is 5.97 Å². The minimum absolute atomic E-state index is 0.0975. The van der Waals surface area contributed by atoms with Gasteiger partial charge in [0.25, 0.3) is 5.91 Å². The van der Waals surface area contributed by atoms with Gasteiger partial charge in [-0.1, -0.05) is 31.9 Å². The predicted molar refractivity (Wildman–Crippen MR) is 82.0 cm³/mol. The molecule has 2 atom stereocenters. The SMILES string of the molecule is CC1CCCC1CNC(=O)c1cccc(/C=C/C(=O)O)c1. The minimum atomic E-state index is -1.000. The molecule has 0 aliphatic heterocycles. The van der Waals surface area contributed by atoms with E-state index in [9.17, 15) is 9.59 Å². The van der Waals surface area contributed by atoms with E-state index in [2.05, 4.69) is 12.2 Å². The highest BCUT2D eigenvalue weighted by Gasteiger charge is 2.23. The topological polar surface area (TPSA) is 66.4 Å². The monoisotopic (exact) mass is 287 g/mol. The van der Waals surface area contributed by atoms with Crippen LogP contribution < -0.4 is 5.32 Å². The summed E-state index contributed by atoms with van der Waals surface area (Å²) >= 11 is 0. The Morgan fingerprint density at radius 3 is 2.86 bits per heavy atom. The van der Waals surface area contributed by atoms with Crippen LogP contribution >= 0.6 is 0 Å². The summed E-state index contributed by atoms with van der Waals surface area (Å²) in [5.41, 5.74) is 1.27. The Bertz CT molecular complexity index is 551. The Hall–Kier alpha value is -2.10. The van der Waals surface area contributed by atoms with Crippen molar-refractivity contribution in [2.75, 3.05) is 6.54 Å². The van der Waals surface area contributed by atoms with Gasteiger partial charge in [-0.05, 0) is 42.0 Å². The normalized spacial score (nSPS) is 21.6. The van der Waals surface area contributed by atoms with Crippen molar-refractivity contribution < 1.29 is 14.7 Å². The molecule has 2 unspecified atom stereocenters. The van der Waals surface area contributed by atoms with Crippen LogP contribution in [0, 0.1) is 11.8 Å². The van der Waals surface area contributed by atoms with Gasteiger partial charge in [-0.25, -0.2) is 4.79 Å². The van der Waals surface area contributed by atoms with Gasteiger partial charge >= 0.3 is 5.97 Å². The molecule has 0 heterocycles. The molecule has 1 aromatic rings. The lowest BCUT2D eigenvalue weighted by Crippen LogP contribution is -2.30. The van der Waals surface area contributed by atoms with Crippen LogP contribution in [0.25, 0.3) is 6.08 Å². The maximum absolute atomic E-state index is 12.1. The number of aliphatic carboxylic acids is 1. The summed E-state index contributed by atoms with van der Waals surface area (Å²) in [6.45, 7) is 2.95. The molecule has 0 bridgehead atoms. The number of carboxylic acids is 1. The highest BCUT2D eigenvalue weighted by atomic mass is 16.4. The van der Waals surface area contributed by atoms with Crippen LogP contribution in [-0.4, -0.2) is 23.5 Å².